The van der Waals surface area contributed by atoms with E-state index in [1.807, 2.05) is 12.1 Å². The molecule has 1 aromatic carbocycles. The summed E-state index contributed by atoms with van der Waals surface area (Å²) in [6.45, 7) is 0. The summed E-state index contributed by atoms with van der Waals surface area (Å²) in [4.78, 5) is 0. The predicted octanol–water partition coefficient (Wildman–Crippen LogP) is 2.94. The number of benzene rings is 1. The van der Waals surface area contributed by atoms with Crippen LogP contribution in [0.2, 0.25) is 10.0 Å². The second kappa shape index (κ2) is 5.58. The molecule has 2 aliphatic rings. The summed E-state index contributed by atoms with van der Waals surface area (Å²) in [6, 6.07) is 5.75. The van der Waals surface area contributed by atoms with Gasteiger partial charge in [0.05, 0.1) is 12.2 Å². The number of nitrogens with two attached hydrogens (primary N) is 1. The van der Waals surface area contributed by atoms with Crippen molar-refractivity contribution in [3.05, 3.63) is 33.8 Å². The number of fused-ring (bicyclic) bond motifs is 2. The lowest BCUT2D eigenvalue weighted by Gasteiger charge is -2.28. The third kappa shape index (κ3) is 2.76. The largest absolute Gasteiger partial charge is 0.375 e. The van der Waals surface area contributed by atoms with E-state index in [-0.39, 0.29) is 6.04 Å². The van der Waals surface area contributed by atoms with Crippen molar-refractivity contribution < 1.29 is 4.74 Å². The van der Waals surface area contributed by atoms with Gasteiger partial charge in [0, 0.05) is 22.0 Å². The van der Waals surface area contributed by atoms with Gasteiger partial charge in [-0.3, -0.25) is 11.3 Å². The third-order valence-corrected chi connectivity index (χ3v) is 4.94. The van der Waals surface area contributed by atoms with Gasteiger partial charge >= 0.3 is 0 Å². The molecule has 2 aliphatic heterocycles. The third-order valence-electron chi connectivity index (χ3n) is 4.33. The Labute approximate surface area is 123 Å². The van der Waals surface area contributed by atoms with Crippen LogP contribution in [0.5, 0.6) is 0 Å². The van der Waals surface area contributed by atoms with Crippen LogP contribution in [0.3, 0.4) is 0 Å². The lowest BCUT2D eigenvalue weighted by atomic mass is 9.82. The molecular formula is C14H18Cl2N2O. The van der Waals surface area contributed by atoms with E-state index in [9.17, 15) is 0 Å². The zero-order valence-electron chi connectivity index (χ0n) is 10.6. The lowest BCUT2D eigenvalue weighted by molar-refractivity contribution is 0.0857. The highest BCUT2D eigenvalue weighted by molar-refractivity contribution is 6.33. The van der Waals surface area contributed by atoms with Crippen LogP contribution >= 0.6 is 23.2 Å². The standard InChI is InChI=1S/C14H18Cl2N2O/c15-9-1-3-12(16)8(5-9)6-13(18-17)11-7-10-2-4-14(11)19-10/h1,3,5,10-11,13-14,18H,2,4,6-7,17H2. The average molecular weight is 301 g/mol. The van der Waals surface area contributed by atoms with Gasteiger partial charge in [-0.15, -0.1) is 0 Å². The Bertz CT molecular complexity index is 469. The second-order valence-corrected chi connectivity index (χ2v) is 6.33. The molecule has 0 aromatic heterocycles. The van der Waals surface area contributed by atoms with E-state index in [1.165, 1.54) is 6.42 Å². The fraction of sp³-hybridized carbons (Fsp3) is 0.571. The zero-order valence-corrected chi connectivity index (χ0v) is 12.1. The summed E-state index contributed by atoms with van der Waals surface area (Å²) in [6.07, 6.45) is 5.00. The Balaban J connectivity index is 1.74. The van der Waals surface area contributed by atoms with Crippen LogP contribution in [0.25, 0.3) is 0 Å². The Morgan fingerprint density at radius 1 is 1.37 bits per heavy atom. The topological polar surface area (TPSA) is 47.3 Å². The molecule has 2 fully saturated rings. The van der Waals surface area contributed by atoms with Gasteiger partial charge in [-0.1, -0.05) is 23.2 Å². The molecule has 1 aromatic rings. The number of ether oxygens (including phenoxy) is 1. The molecule has 0 saturated carbocycles. The van der Waals surface area contributed by atoms with Gasteiger partial charge in [-0.2, -0.15) is 0 Å². The number of hydrogen-bond acceptors (Lipinski definition) is 3. The first-order valence-electron chi connectivity index (χ1n) is 6.73. The molecule has 0 spiro atoms. The van der Waals surface area contributed by atoms with Crippen LogP contribution in [0.1, 0.15) is 24.8 Å². The van der Waals surface area contributed by atoms with Gasteiger partial charge in [-0.05, 0) is 49.4 Å². The first kappa shape index (κ1) is 13.7. The fourth-order valence-corrected chi connectivity index (χ4v) is 3.76. The molecule has 0 amide bonds. The van der Waals surface area contributed by atoms with Crippen LogP contribution in [0, 0.1) is 5.92 Å². The summed E-state index contributed by atoms with van der Waals surface area (Å²) in [5, 5.41) is 1.45. The van der Waals surface area contributed by atoms with Crippen LogP contribution in [-0.2, 0) is 11.2 Å². The monoisotopic (exact) mass is 300 g/mol. The summed E-state index contributed by atoms with van der Waals surface area (Å²) in [5.41, 5.74) is 3.98. The number of nitrogens with one attached hydrogen (secondary N) is 1. The Hall–Kier alpha value is -0.320. The Kier molecular flexibility index (Phi) is 4.01. The van der Waals surface area contributed by atoms with Crippen LogP contribution in [0.15, 0.2) is 18.2 Å². The zero-order chi connectivity index (χ0) is 13.4. The van der Waals surface area contributed by atoms with E-state index < -0.39 is 0 Å². The highest BCUT2D eigenvalue weighted by Crippen LogP contribution is 2.41. The van der Waals surface area contributed by atoms with Gasteiger partial charge in [0.2, 0.25) is 0 Å². The van der Waals surface area contributed by atoms with E-state index in [0.29, 0.717) is 23.1 Å². The van der Waals surface area contributed by atoms with Crippen molar-refractivity contribution in [1.29, 1.82) is 0 Å². The molecule has 4 atom stereocenters. The van der Waals surface area contributed by atoms with Crippen molar-refractivity contribution in [2.75, 3.05) is 0 Å². The normalized spacial score (nSPS) is 30.8. The lowest BCUT2D eigenvalue weighted by Crippen LogP contribution is -2.45. The molecule has 3 N–H and O–H groups in total. The molecule has 2 saturated heterocycles. The van der Waals surface area contributed by atoms with Gasteiger partial charge in [0.25, 0.3) is 0 Å². The van der Waals surface area contributed by atoms with Crippen molar-refractivity contribution in [2.45, 2.75) is 43.9 Å². The molecule has 4 unspecified atom stereocenters. The fourth-order valence-electron chi connectivity index (χ4n) is 3.37. The molecule has 0 radical (unpaired) electrons. The molecule has 3 rings (SSSR count). The molecule has 2 heterocycles. The van der Waals surface area contributed by atoms with Crippen molar-refractivity contribution in [3.63, 3.8) is 0 Å². The molecule has 5 heteroatoms. The smallest absolute Gasteiger partial charge is 0.0624 e. The maximum atomic E-state index is 6.22. The van der Waals surface area contributed by atoms with Crippen molar-refractivity contribution >= 4 is 23.2 Å². The maximum Gasteiger partial charge on any atom is 0.0624 e. The number of hydrogen-bond donors (Lipinski definition) is 2. The van der Waals surface area contributed by atoms with E-state index in [4.69, 9.17) is 33.8 Å². The van der Waals surface area contributed by atoms with Crippen LogP contribution in [0.4, 0.5) is 0 Å². The maximum absolute atomic E-state index is 6.22. The second-order valence-electron chi connectivity index (χ2n) is 5.49. The van der Waals surface area contributed by atoms with E-state index >= 15 is 0 Å². The quantitative estimate of drug-likeness (QED) is 0.664. The number of rotatable bonds is 4. The SMILES string of the molecule is NNC(Cc1cc(Cl)ccc1Cl)C1CC2CCC1O2. The van der Waals surface area contributed by atoms with E-state index in [2.05, 4.69) is 5.43 Å². The molecule has 3 nitrogen and oxygen atoms in total. The van der Waals surface area contributed by atoms with Crippen molar-refractivity contribution in [1.82, 2.24) is 5.43 Å². The average Bonchev–Trinajstić information content (AvgIpc) is 3.02. The molecule has 2 bridgehead atoms. The summed E-state index contributed by atoms with van der Waals surface area (Å²) in [5.74, 6) is 6.21. The summed E-state index contributed by atoms with van der Waals surface area (Å²) in [7, 11) is 0. The highest BCUT2D eigenvalue weighted by Gasteiger charge is 2.44. The van der Waals surface area contributed by atoms with Gasteiger partial charge in [0.15, 0.2) is 0 Å². The molecular weight excluding hydrogens is 283 g/mol. The van der Waals surface area contributed by atoms with Gasteiger partial charge < -0.3 is 4.74 Å². The molecule has 0 aliphatic carbocycles. The molecule has 104 valence electrons. The minimum Gasteiger partial charge on any atom is -0.375 e. The van der Waals surface area contributed by atoms with E-state index in [0.717, 1.165) is 29.8 Å². The minimum absolute atomic E-state index is 0.186. The van der Waals surface area contributed by atoms with Gasteiger partial charge in [0.1, 0.15) is 0 Å². The van der Waals surface area contributed by atoms with Crippen molar-refractivity contribution in [2.24, 2.45) is 11.8 Å². The Morgan fingerprint density at radius 3 is 2.84 bits per heavy atom. The Morgan fingerprint density at radius 2 is 2.21 bits per heavy atom. The van der Waals surface area contributed by atoms with Crippen LogP contribution < -0.4 is 11.3 Å². The number of halogens is 2. The summed E-state index contributed by atoms with van der Waals surface area (Å²) >= 11 is 12.3. The van der Waals surface area contributed by atoms with Crippen LogP contribution in [-0.4, -0.2) is 18.2 Å². The van der Waals surface area contributed by atoms with Crippen molar-refractivity contribution in [3.8, 4) is 0 Å². The summed E-state index contributed by atoms with van der Waals surface area (Å²) < 4.78 is 5.90. The number of hydrazine groups is 1. The minimum atomic E-state index is 0.186. The first-order valence-corrected chi connectivity index (χ1v) is 7.48. The highest BCUT2D eigenvalue weighted by atomic mass is 35.5. The predicted molar refractivity (Wildman–Crippen MR) is 77.3 cm³/mol. The first-order chi connectivity index (χ1) is 9.17. The van der Waals surface area contributed by atoms with Gasteiger partial charge in [-0.25, -0.2) is 0 Å². The molecule has 19 heavy (non-hydrogen) atoms. The van der Waals surface area contributed by atoms with E-state index in [1.54, 1.807) is 6.07 Å².